The van der Waals surface area contributed by atoms with E-state index in [1.54, 1.807) is 24.4 Å². The third-order valence-corrected chi connectivity index (χ3v) is 3.64. The van der Waals surface area contributed by atoms with Gasteiger partial charge in [-0.2, -0.15) is 0 Å². The first-order valence-electron chi connectivity index (χ1n) is 6.94. The summed E-state index contributed by atoms with van der Waals surface area (Å²) in [6, 6.07) is 6.58. The maximum Gasteiger partial charge on any atom is 0.336 e. The third-order valence-electron chi connectivity index (χ3n) is 3.64. The highest BCUT2D eigenvalue weighted by molar-refractivity contribution is 6.16. The maximum absolute atomic E-state index is 12.3. The molecule has 0 fully saturated rings. The minimum Gasteiger partial charge on any atom is -0.478 e. The van der Waals surface area contributed by atoms with Crippen molar-refractivity contribution in [1.29, 1.82) is 0 Å². The van der Waals surface area contributed by atoms with Crippen LogP contribution in [0.1, 0.15) is 34.6 Å². The zero-order chi connectivity index (χ0) is 15.9. The van der Waals surface area contributed by atoms with E-state index in [0.717, 1.165) is 0 Å². The fourth-order valence-corrected chi connectivity index (χ4v) is 2.54. The Morgan fingerprint density at radius 2 is 1.41 bits per heavy atom. The number of rotatable bonds is 3. The number of hydrogen-bond donors (Lipinski definition) is 1. The lowest BCUT2D eigenvalue weighted by Crippen LogP contribution is -2.08. The van der Waals surface area contributed by atoms with Crippen LogP contribution >= 0.6 is 0 Å². The highest BCUT2D eigenvalue weighted by Crippen LogP contribution is 2.27. The molecule has 0 atom stereocenters. The molecule has 5 nitrogen and oxygen atoms in total. The predicted octanol–water partition coefficient (Wildman–Crippen LogP) is 3.32. The largest absolute Gasteiger partial charge is 0.478 e. The van der Waals surface area contributed by atoms with Gasteiger partial charge in [-0.25, -0.2) is 4.79 Å². The highest BCUT2D eigenvalue weighted by Gasteiger charge is 2.17. The number of Topliss-reactive ketones (excluding diaryl/α,β-unsaturated/α-hetero) is 1. The van der Waals surface area contributed by atoms with Crippen molar-refractivity contribution in [3.63, 3.8) is 0 Å². The molecule has 0 bridgehead atoms. The molecule has 0 radical (unpaired) electrons. The van der Waals surface area contributed by atoms with E-state index in [0.29, 0.717) is 27.4 Å². The summed E-state index contributed by atoms with van der Waals surface area (Å²) >= 11 is 0. The average molecular weight is 294 g/mol. The van der Waals surface area contributed by atoms with Crippen molar-refractivity contribution in [2.45, 2.75) is 13.8 Å². The molecule has 5 heteroatoms. The van der Waals surface area contributed by atoms with E-state index in [9.17, 15) is 14.7 Å². The number of carbonyl (C=O) groups excluding carboxylic acids is 1. The molecular formula is C17H14N2O3. The van der Waals surface area contributed by atoms with Gasteiger partial charge in [0, 0.05) is 34.6 Å². The van der Waals surface area contributed by atoms with Crippen molar-refractivity contribution in [2.75, 3.05) is 0 Å². The van der Waals surface area contributed by atoms with Crippen LogP contribution in [0.4, 0.5) is 0 Å². The Kier molecular flexibility index (Phi) is 3.33. The van der Waals surface area contributed by atoms with Gasteiger partial charge in [-0.1, -0.05) is 26.0 Å². The van der Waals surface area contributed by atoms with Gasteiger partial charge in [-0.15, -0.1) is 0 Å². The van der Waals surface area contributed by atoms with E-state index in [1.807, 2.05) is 13.8 Å². The Balaban J connectivity index is 2.40. The predicted molar refractivity (Wildman–Crippen MR) is 83.2 cm³/mol. The molecule has 2 aromatic heterocycles. The van der Waals surface area contributed by atoms with E-state index in [-0.39, 0.29) is 17.3 Å². The molecule has 0 amide bonds. The Hall–Kier alpha value is -2.82. The lowest BCUT2D eigenvalue weighted by atomic mass is 9.96. The average Bonchev–Trinajstić information content (AvgIpc) is 2.52. The Labute approximate surface area is 126 Å². The van der Waals surface area contributed by atoms with Gasteiger partial charge >= 0.3 is 5.97 Å². The van der Waals surface area contributed by atoms with Crippen molar-refractivity contribution in [2.24, 2.45) is 5.92 Å². The second-order valence-corrected chi connectivity index (χ2v) is 5.40. The smallest absolute Gasteiger partial charge is 0.336 e. The SMILES string of the molecule is CC(C)C(=O)c1ccnc2c1ccc1c(C(=O)O)ccnc12. The Morgan fingerprint density at radius 3 is 1.91 bits per heavy atom. The molecule has 0 saturated heterocycles. The molecule has 0 saturated carbocycles. The van der Waals surface area contributed by atoms with E-state index < -0.39 is 5.97 Å². The van der Waals surface area contributed by atoms with Crippen LogP contribution in [0, 0.1) is 5.92 Å². The second-order valence-electron chi connectivity index (χ2n) is 5.40. The molecule has 3 aromatic rings. The summed E-state index contributed by atoms with van der Waals surface area (Å²) < 4.78 is 0. The number of carboxylic acids is 1. The molecular weight excluding hydrogens is 280 g/mol. The van der Waals surface area contributed by atoms with E-state index in [4.69, 9.17) is 0 Å². The van der Waals surface area contributed by atoms with E-state index >= 15 is 0 Å². The molecule has 0 unspecified atom stereocenters. The van der Waals surface area contributed by atoms with Gasteiger partial charge < -0.3 is 5.11 Å². The van der Waals surface area contributed by atoms with Gasteiger partial charge in [0.15, 0.2) is 5.78 Å². The van der Waals surface area contributed by atoms with Crippen molar-refractivity contribution >= 4 is 33.6 Å². The number of pyridine rings is 2. The molecule has 2 heterocycles. The summed E-state index contributed by atoms with van der Waals surface area (Å²) in [6.07, 6.45) is 3.01. The number of nitrogens with zero attached hydrogens (tertiary/aromatic N) is 2. The molecule has 1 N–H and O–H groups in total. The number of aromatic carboxylic acids is 1. The number of fused-ring (bicyclic) bond motifs is 3. The van der Waals surface area contributed by atoms with Crippen molar-refractivity contribution < 1.29 is 14.7 Å². The summed E-state index contributed by atoms with van der Waals surface area (Å²) in [5.41, 5.74) is 1.81. The Morgan fingerprint density at radius 1 is 0.909 bits per heavy atom. The van der Waals surface area contributed by atoms with Crippen LogP contribution in [0.5, 0.6) is 0 Å². The second kappa shape index (κ2) is 5.18. The molecule has 0 aliphatic carbocycles. The number of hydrogen-bond acceptors (Lipinski definition) is 4. The van der Waals surface area contributed by atoms with Crippen LogP contribution in [0.3, 0.4) is 0 Å². The van der Waals surface area contributed by atoms with Crippen molar-refractivity contribution in [3.8, 4) is 0 Å². The van der Waals surface area contributed by atoms with Crippen LogP contribution < -0.4 is 0 Å². The van der Waals surface area contributed by atoms with Gasteiger partial charge in [0.25, 0.3) is 0 Å². The standard InChI is InChI=1S/C17H14N2O3/c1-9(2)16(20)12-5-7-18-14-10(12)3-4-11-13(17(21)22)6-8-19-15(11)14/h3-9H,1-2H3,(H,21,22). The third kappa shape index (κ3) is 2.11. The summed E-state index contributed by atoms with van der Waals surface area (Å²) in [6.45, 7) is 3.69. The summed E-state index contributed by atoms with van der Waals surface area (Å²) in [5, 5.41) is 10.5. The van der Waals surface area contributed by atoms with Crippen molar-refractivity contribution in [1.82, 2.24) is 9.97 Å². The highest BCUT2D eigenvalue weighted by atomic mass is 16.4. The zero-order valence-corrected chi connectivity index (χ0v) is 12.2. The fourth-order valence-electron chi connectivity index (χ4n) is 2.54. The first-order valence-corrected chi connectivity index (χ1v) is 6.94. The molecule has 0 aliphatic rings. The molecule has 1 aromatic carbocycles. The zero-order valence-electron chi connectivity index (χ0n) is 12.2. The van der Waals surface area contributed by atoms with Gasteiger partial charge in [-0.05, 0) is 12.1 Å². The summed E-state index contributed by atoms with van der Waals surface area (Å²) in [5.74, 6) is -1.11. The van der Waals surface area contributed by atoms with Crippen LogP contribution in [0.25, 0.3) is 21.8 Å². The summed E-state index contributed by atoms with van der Waals surface area (Å²) in [4.78, 5) is 32.2. The van der Waals surface area contributed by atoms with Crippen LogP contribution in [-0.4, -0.2) is 26.8 Å². The van der Waals surface area contributed by atoms with Crippen LogP contribution in [-0.2, 0) is 0 Å². The lowest BCUT2D eigenvalue weighted by Gasteiger charge is -2.10. The van der Waals surface area contributed by atoms with E-state index in [2.05, 4.69) is 9.97 Å². The summed E-state index contributed by atoms with van der Waals surface area (Å²) in [7, 11) is 0. The molecule has 22 heavy (non-hydrogen) atoms. The quantitative estimate of drug-likeness (QED) is 0.592. The number of aromatic nitrogens is 2. The maximum atomic E-state index is 12.3. The van der Waals surface area contributed by atoms with Gasteiger partial charge in [0.1, 0.15) is 0 Å². The number of ketones is 1. The first kappa shape index (κ1) is 14.1. The molecule has 0 aliphatic heterocycles. The molecule has 110 valence electrons. The van der Waals surface area contributed by atoms with Crippen molar-refractivity contribution in [3.05, 3.63) is 47.8 Å². The molecule has 3 rings (SSSR count). The van der Waals surface area contributed by atoms with Gasteiger partial charge in [-0.3, -0.25) is 14.8 Å². The minimum absolute atomic E-state index is 0.0288. The lowest BCUT2D eigenvalue weighted by molar-refractivity contribution is 0.0698. The van der Waals surface area contributed by atoms with Gasteiger partial charge in [0.2, 0.25) is 0 Å². The van der Waals surface area contributed by atoms with E-state index in [1.165, 1.54) is 12.3 Å². The van der Waals surface area contributed by atoms with Crippen LogP contribution in [0.2, 0.25) is 0 Å². The normalized spacial score (nSPS) is 11.2. The fraction of sp³-hybridized carbons (Fsp3) is 0.176. The monoisotopic (exact) mass is 294 g/mol. The number of benzene rings is 1. The molecule has 0 spiro atoms. The number of carboxylic acid groups (broad SMARTS) is 1. The van der Waals surface area contributed by atoms with Gasteiger partial charge in [0.05, 0.1) is 16.6 Å². The number of carbonyl (C=O) groups is 2. The first-order chi connectivity index (χ1) is 10.5. The van der Waals surface area contributed by atoms with Crippen LogP contribution in [0.15, 0.2) is 36.7 Å². The Bertz CT molecular complexity index is 916. The topological polar surface area (TPSA) is 80.2 Å². The minimum atomic E-state index is -1.01.